The second kappa shape index (κ2) is 9.56. The van der Waals surface area contributed by atoms with Gasteiger partial charge in [0.05, 0.1) is 6.54 Å². The third-order valence-electron chi connectivity index (χ3n) is 5.53. The van der Waals surface area contributed by atoms with E-state index in [-0.39, 0.29) is 18.5 Å². The number of aryl methyl sites for hydroxylation is 3. The summed E-state index contributed by atoms with van der Waals surface area (Å²) in [5, 5.41) is 7.57. The molecule has 6 heteroatoms. The fraction of sp³-hybridized carbons (Fsp3) is 0.231. The molecule has 0 radical (unpaired) electrons. The number of hydrogen-bond acceptors (Lipinski definition) is 4. The fourth-order valence-corrected chi connectivity index (χ4v) is 3.65. The molecule has 0 bridgehead atoms. The zero-order valence-corrected chi connectivity index (χ0v) is 18.1. The summed E-state index contributed by atoms with van der Waals surface area (Å²) in [7, 11) is 0. The smallest absolute Gasteiger partial charge is 0.414 e. The van der Waals surface area contributed by atoms with Gasteiger partial charge in [-0.25, -0.2) is 4.79 Å². The molecule has 0 spiro atoms. The van der Waals surface area contributed by atoms with Crippen molar-refractivity contribution in [1.82, 2.24) is 0 Å². The van der Waals surface area contributed by atoms with Crippen LogP contribution in [0.3, 0.4) is 0 Å². The summed E-state index contributed by atoms with van der Waals surface area (Å²) in [5.74, 6) is 0.707. The number of anilines is 1. The maximum absolute atomic E-state index is 12.3. The minimum atomic E-state index is -0.425. The highest BCUT2D eigenvalue weighted by Crippen LogP contribution is 2.23. The highest BCUT2D eigenvalue weighted by Gasteiger charge is 2.33. The van der Waals surface area contributed by atoms with Gasteiger partial charge in [0.2, 0.25) is 0 Å². The number of nitrogens with one attached hydrogen (secondary N) is 1. The number of rotatable bonds is 8. The summed E-state index contributed by atoms with van der Waals surface area (Å²) < 4.78 is 11.3. The van der Waals surface area contributed by atoms with Gasteiger partial charge in [-0.05, 0) is 55.2 Å². The van der Waals surface area contributed by atoms with Crippen LogP contribution in [-0.2, 0) is 17.6 Å². The molecule has 6 nitrogen and oxygen atoms in total. The first-order valence-corrected chi connectivity index (χ1v) is 10.7. The SMILES string of the molecule is Cc1ccc(CCc2ccc(OCC3CN(c4cccc(C(=N)N)c4)C(=O)O3)cc2)cc1. The van der Waals surface area contributed by atoms with Gasteiger partial charge >= 0.3 is 6.09 Å². The molecular weight excluding hydrogens is 402 g/mol. The quantitative estimate of drug-likeness (QED) is 0.408. The molecule has 3 aromatic rings. The average Bonchev–Trinajstić information content (AvgIpc) is 3.18. The molecular formula is C26H27N3O3. The lowest BCUT2D eigenvalue weighted by Gasteiger charge is -2.14. The molecule has 1 amide bonds. The molecule has 0 saturated carbocycles. The first-order valence-electron chi connectivity index (χ1n) is 10.7. The van der Waals surface area contributed by atoms with E-state index in [1.165, 1.54) is 21.6 Å². The summed E-state index contributed by atoms with van der Waals surface area (Å²) in [4.78, 5) is 13.8. The van der Waals surface area contributed by atoms with E-state index in [1.807, 2.05) is 12.1 Å². The lowest BCUT2D eigenvalue weighted by atomic mass is 10.0. The zero-order chi connectivity index (χ0) is 22.5. The summed E-state index contributed by atoms with van der Waals surface area (Å²) >= 11 is 0. The van der Waals surface area contributed by atoms with Crippen LogP contribution in [0, 0.1) is 12.3 Å². The van der Waals surface area contributed by atoms with Gasteiger partial charge in [0, 0.05) is 11.3 Å². The van der Waals surface area contributed by atoms with E-state index < -0.39 is 6.09 Å². The average molecular weight is 430 g/mol. The third kappa shape index (κ3) is 5.27. The highest BCUT2D eigenvalue weighted by molar-refractivity contribution is 5.97. The second-order valence-electron chi connectivity index (χ2n) is 8.02. The Morgan fingerprint density at radius 3 is 2.38 bits per heavy atom. The number of hydrogen-bond donors (Lipinski definition) is 2. The molecule has 1 atom stereocenters. The normalized spacial score (nSPS) is 15.5. The second-order valence-corrected chi connectivity index (χ2v) is 8.02. The van der Waals surface area contributed by atoms with Crippen molar-refractivity contribution in [3.63, 3.8) is 0 Å². The standard InChI is InChI=1S/C26H27N3O3/c1-18-5-7-19(8-6-18)9-10-20-11-13-23(14-12-20)31-17-24-16-29(26(30)32-24)22-4-2-3-21(15-22)25(27)28/h2-8,11-15,24H,9-10,16-17H2,1H3,(H3,27,28). The van der Waals surface area contributed by atoms with Crippen LogP contribution in [0.1, 0.15) is 22.3 Å². The van der Waals surface area contributed by atoms with Gasteiger partial charge in [-0.15, -0.1) is 0 Å². The maximum Gasteiger partial charge on any atom is 0.414 e. The van der Waals surface area contributed by atoms with Crippen molar-refractivity contribution in [3.8, 4) is 5.75 Å². The van der Waals surface area contributed by atoms with Crippen LogP contribution in [0.4, 0.5) is 10.5 Å². The van der Waals surface area contributed by atoms with Gasteiger partial charge in [-0.2, -0.15) is 0 Å². The summed E-state index contributed by atoms with van der Waals surface area (Å²) in [5.41, 5.74) is 10.6. The van der Waals surface area contributed by atoms with Crippen LogP contribution in [0.5, 0.6) is 5.75 Å². The molecule has 4 rings (SSSR count). The van der Waals surface area contributed by atoms with Gasteiger partial charge in [0.1, 0.15) is 18.2 Å². The number of ether oxygens (including phenoxy) is 2. The number of amidine groups is 1. The Labute approximate surface area is 188 Å². The van der Waals surface area contributed by atoms with E-state index in [0.717, 1.165) is 18.6 Å². The fourth-order valence-electron chi connectivity index (χ4n) is 3.65. The Morgan fingerprint density at radius 2 is 1.72 bits per heavy atom. The van der Waals surface area contributed by atoms with Crippen molar-refractivity contribution >= 4 is 17.6 Å². The third-order valence-corrected chi connectivity index (χ3v) is 5.53. The zero-order valence-electron chi connectivity index (χ0n) is 18.1. The van der Waals surface area contributed by atoms with E-state index in [4.69, 9.17) is 20.6 Å². The summed E-state index contributed by atoms with van der Waals surface area (Å²) in [6.07, 6.45) is 1.17. The van der Waals surface area contributed by atoms with Gasteiger partial charge in [0.15, 0.2) is 6.10 Å². The molecule has 32 heavy (non-hydrogen) atoms. The lowest BCUT2D eigenvalue weighted by Crippen LogP contribution is -2.27. The minimum absolute atomic E-state index is 0.0402. The number of carbonyl (C=O) groups is 1. The van der Waals surface area contributed by atoms with Crippen LogP contribution in [-0.4, -0.2) is 31.2 Å². The Balaban J connectivity index is 1.28. The van der Waals surface area contributed by atoms with Gasteiger partial charge < -0.3 is 15.2 Å². The Kier molecular flexibility index (Phi) is 6.40. The predicted molar refractivity (Wildman–Crippen MR) is 126 cm³/mol. The van der Waals surface area contributed by atoms with Crippen molar-refractivity contribution < 1.29 is 14.3 Å². The minimum Gasteiger partial charge on any atom is -0.490 e. The Bertz CT molecular complexity index is 1090. The molecule has 0 aromatic heterocycles. The van der Waals surface area contributed by atoms with Gasteiger partial charge in [-0.1, -0.05) is 54.1 Å². The van der Waals surface area contributed by atoms with Crippen molar-refractivity contribution in [2.45, 2.75) is 25.9 Å². The predicted octanol–water partition coefficient (Wildman–Crippen LogP) is 4.47. The van der Waals surface area contributed by atoms with Crippen LogP contribution in [0.2, 0.25) is 0 Å². The molecule has 1 saturated heterocycles. The van der Waals surface area contributed by atoms with Crippen LogP contribution in [0.15, 0.2) is 72.8 Å². The van der Waals surface area contributed by atoms with Gasteiger partial charge in [0.25, 0.3) is 0 Å². The largest absolute Gasteiger partial charge is 0.490 e. The Morgan fingerprint density at radius 1 is 1.06 bits per heavy atom. The number of nitrogens with zero attached hydrogens (tertiary/aromatic N) is 1. The van der Waals surface area contributed by atoms with Crippen molar-refractivity contribution in [2.75, 3.05) is 18.1 Å². The molecule has 0 aliphatic carbocycles. The lowest BCUT2D eigenvalue weighted by molar-refractivity contribution is 0.105. The van der Waals surface area contributed by atoms with E-state index in [9.17, 15) is 4.79 Å². The molecule has 1 unspecified atom stereocenters. The van der Waals surface area contributed by atoms with Crippen molar-refractivity contribution in [2.24, 2.45) is 5.73 Å². The van der Waals surface area contributed by atoms with Gasteiger partial charge in [-0.3, -0.25) is 10.3 Å². The summed E-state index contributed by atoms with van der Waals surface area (Å²) in [6.45, 7) is 2.75. The topological polar surface area (TPSA) is 88.6 Å². The molecule has 1 aliphatic heterocycles. The molecule has 1 aliphatic rings. The number of nitrogens with two attached hydrogens (primary N) is 1. The number of amides is 1. The maximum atomic E-state index is 12.3. The molecule has 164 valence electrons. The Hall–Kier alpha value is -3.80. The summed E-state index contributed by atoms with van der Waals surface area (Å²) in [6, 6.07) is 23.7. The number of cyclic esters (lactones) is 1. The van der Waals surface area contributed by atoms with E-state index >= 15 is 0 Å². The van der Waals surface area contributed by atoms with Crippen LogP contribution >= 0.6 is 0 Å². The highest BCUT2D eigenvalue weighted by atomic mass is 16.6. The first kappa shape index (κ1) is 21.4. The van der Waals surface area contributed by atoms with Crippen LogP contribution in [0.25, 0.3) is 0 Å². The number of nitrogen functional groups attached to an aromatic ring is 1. The number of benzene rings is 3. The number of carbonyl (C=O) groups excluding carboxylic acids is 1. The monoisotopic (exact) mass is 429 g/mol. The van der Waals surface area contributed by atoms with E-state index in [2.05, 4.69) is 43.3 Å². The molecule has 1 fully saturated rings. The molecule has 3 aromatic carbocycles. The van der Waals surface area contributed by atoms with Crippen LogP contribution < -0.4 is 15.4 Å². The van der Waals surface area contributed by atoms with E-state index in [1.54, 1.807) is 24.3 Å². The first-order chi connectivity index (χ1) is 15.5. The van der Waals surface area contributed by atoms with E-state index in [0.29, 0.717) is 17.8 Å². The van der Waals surface area contributed by atoms with Crippen molar-refractivity contribution in [1.29, 1.82) is 5.41 Å². The molecule has 3 N–H and O–H groups in total. The molecule has 1 heterocycles. The van der Waals surface area contributed by atoms with Crippen molar-refractivity contribution in [3.05, 3.63) is 95.1 Å².